The first-order valence-corrected chi connectivity index (χ1v) is 2.74. The zero-order valence-electron chi connectivity index (χ0n) is 6.02. The lowest BCUT2D eigenvalue weighted by Gasteiger charge is -2.01. The third-order valence-electron chi connectivity index (χ3n) is 0.762. The molecule has 0 aromatic rings. The number of quaternary nitrogens is 1. The maximum Gasteiger partial charge on any atom is 0.320 e. The van der Waals surface area contributed by atoms with E-state index in [2.05, 4.69) is 4.99 Å². The molecule has 0 aromatic carbocycles. The van der Waals surface area contributed by atoms with Crippen molar-refractivity contribution in [3.63, 3.8) is 0 Å². The molecule has 0 fully saturated rings. The van der Waals surface area contributed by atoms with Crippen LogP contribution in [0.3, 0.4) is 0 Å². The summed E-state index contributed by atoms with van der Waals surface area (Å²) in [5.74, 6) is 0.691. The molecule has 52 valence electrons. The van der Waals surface area contributed by atoms with Crippen LogP contribution in [0.1, 0.15) is 6.92 Å². The van der Waals surface area contributed by atoms with Gasteiger partial charge in [0.15, 0.2) is 0 Å². The van der Waals surface area contributed by atoms with E-state index < -0.39 is 0 Å². The van der Waals surface area contributed by atoms with Gasteiger partial charge in [-0.15, -0.1) is 0 Å². The minimum atomic E-state index is 0.259. The Morgan fingerprint density at radius 3 is 2.11 bits per heavy atom. The number of hydrogen-bond donors (Lipinski definition) is 3. The molecule has 4 N–H and O–H groups in total. The number of nitrogens with two attached hydrogens (primary N) is 1. The van der Waals surface area contributed by atoms with Gasteiger partial charge in [0.2, 0.25) is 0 Å². The van der Waals surface area contributed by atoms with Crippen molar-refractivity contribution in [2.75, 3.05) is 14.1 Å². The third-order valence-corrected chi connectivity index (χ3v) is 0.762. The predicted octanol–water partition coefficient (Wildman–Crippen LogP) is -1.56. The van der Waals surface area contributed by atoms with Gasteiger partial charge in [-0.1, -0.05) is 0 Å². The minimum absolute atomic E-state index is 0.259. The zero-order chi connectivity index (χ0) is 7.44. The van der Waals surface area contributed by atoms with Gasteiger partial charge in [-0.05, 0) is 6.92 Å². The molecule has 9 heavy (non-hydrogen) atoms. The Hall–Kier alpha value is -0.900. The molecule has 4 nitrogen and oxygen atoms in total. The molecule has 4 heteroatoms. The van der Waals surface area contributed by atoms with E-state index in [4.69, 9.17) is 11.1 Å². The Balaban J connectivity index is 3.93. The predicted molar refractivity (Wildman–Crippen MR) is 37.8 cm³/mol. The minimum Gasteiger partial charge on any atom is -0.387 e. The first kappa shape index (κ1) is 8.10. The highest BCUT2D eigenvalue weighted by atomic mass is 15.2. The molecule has 0 spiro atoms. The quantitative estimate of drug-likeness (QED) is 0.269. The van der Waals surface area contributed by atoms with Crippen LogP contribution >= 0.6 is 0 Å². The van der Waals surface area contributed by atoms with Gasteiger partial charge in [0.1, 0.15) is 5.84 Å². The van der Waals surface area contributed by atoms with Crippen LogP contribution in [-0.4, -0.2) is 25.9 Å². The van der Waals surface area contributed by atoms with Crippen molar-refractivity contribution in [3.05, 3.63) is 0 Å². The molecule has 0 amide bonds. The van der Waals surface area contributed by atoms with E-state index in [1.165, 1.54) is 0 Å². The summed E-state index contributed by atoms with van der Waals surface area (Å²) in [6, 6.07) is 0. The molecule has 0 unspecified atom stereocenters. The second-order valence-electron chi connectivity index (χ2n) is 2.10. The molecule has 0 atom stereocenters. The first-order valence-electron chi connectivity index (χ1n) is 2.74. The van der Waals surface area contributed by atoms with Crippen LogP contribution in [0.25, 0.3) is 0 Å². The Labute approximate surface area is 54.9 Å². The van der Waals surface area contributed by atoms with Gasteiger partial charge in [-0.2, -0.15) is 4.99 Å². The smallest absolute Gasteiger partial charge is 0.320 e. The molecule has 0 radical (unpaired) electrons. The van der Waals surface area contributed by atoms with E-state index in [1.807, 2.05) is 14.1 Å². The van der Waals surface area contributed by atoms with Crippen molar-refractivity contribution in [3.8, 4) is 0 Å². The first-order chi connectivity index (χ1) is 4.04. The van der Waals surface area contributed by atoms with Crippen LogP contribution in [0.2, 0.25) is 0 Å². The molecule has 0 aliphatic rings. The lowest BCUT2D eigenvalue weighted by molar-refractivity contribution is -0.760. The Bertz CT molecular complexity index is 132. The van der Waals surface area contributed by atoms with Gasteiger partial charge in [0.05, 0.1) is 14.1 Å². The second kappa shape index (κ2) is 3.19. The second-order valence-corrected chi connectivity index (χ2v) is 2.10. The van der Waals surface area contributed by atoms with E-state index in [1.54, 1.807) is 6.92 Å². The number of hydrogen-bond acceptors (Lipinski definition) is 1. The molecule has 0 aromatic heterocycles. The summed E-state index contributed by atoms with van der Waals surface area (Å²) in [4.78, 5) is 4.59. The van der Waals surface area contributed by atoms with Crippen LogP contribution in [0, 0.1) is 5.41 Å². The van der Waals surface area contributed by atoms with Crippen LogP contribution in [0.15, 0.2) is 4.99 Å². The fourth-order valence-electron chi connectivity index (χ4n) is 0.288. The maximum atomic E-state index is 7.17. The SMILES string of the molecule is CC(N)=NC(=N)[NH+](C)C. The number of nitrogens with one attached hydrogen (secondary N) is 2. The van der Waals surface area contributed by atoms with Gasteiger partial charge in [-0.25, -0.2) is 5.41 Å². The monoisotopic (exact) mass is 129 g/mol. The number of guanidine groups is 1. The number of rotatable bonds is 0. The van der Waals surface area contributed by atoms with Crippen molar-refractivity contribution < 1.29 is 4.90 Å². The van der Waals surface area contributed by atoms with Crippen molar-refractivity contribution in [1.82, 2.24) is 0 Å². The number of aliphatic imine (C=N–C) groups is 1. The largest absolute Gasteiger partial charge is 0.387 e. The van der Waals surface area contributed by atoms with Crippen molar-refractivity contribution in [2.24, 2.45) is 10.7 Å². The van der Waals surface area contributed by atoms with Crippen LogP contribution in [0.5, 0.6) is 0 Å². The molecular weight excluding hydrogens is 116 g/mol. The Morgan fingerprint density at radius 1 is 1.56 bits per heavy atom. The van der Waals surface area contributed by atoms with E-state index in [0.29, 0.717) is 5.84 Å². The van der Waals surface area contributed by atoms with Gasteiger partial charge >= 0.3 is 5.96 Å². The molecule has 0 bridgehead atoms. The van der Waals surface area contributed by atoms with Gasteiger partial charge < -0.3 is 5.73 Å². The lowest BCUT2D eigenvalue weighted by Crippen LogP contribution is -3.08. The van der Waals surface area contributed by atoms with E-state index in [0.717, 1.165) is 4.90 Å². The summed E-state index contributed by atoms with van der Waals surface area (Å²) in [7, 11) is 3.66. The van der Waals surface area contributed by atoms with Gasteiger partial charge in [0, 0.05) is 0 Å². The highest BCUT2D eigenvalue weighted by Crippen LogP contribution is 1.63. The molecular formula is C5H13N4+. The zero-order valence-corrected chi connectivity index (χ0v) is 6.02. The summed E-state index contributed by atoms with van der Waals surface area (Å²) >= 11 is 0. The maximum absolute atomic E-state index is 7.17. The molecule has 0 rings (SSSR count). The summed E-state index contributed by atoms with van der Waals surface area (Å²) < 4.78 is 0. The van der Waals surface area contributed by atoms with Crippen molar-refractivity contribution >= 4 is 11.8 Å². The average Bonchev–Trinajstić information content (AvgIpc) is 1.63. The Kier molecular flexibility index (Phi) is 2.87. The lowest BCUT2D eigenvalue weighted by atomic mass is 10.7. The van der Waals surface area contributed by atoms with Crippen LogP contribution in [0.4, 0.5) is 0 Å². The molecule has 0 saturated heterocycles. The highest BCUT2D eigenvalue weighted by Gasteiger charge is 1.99. The molecule has 0 aliphatic carbocycles. The van der Waals surface area contributed by atoms with E-state index in [-0.39, 0.29) is 5.96 Å². The van der Waals surface area contributed by atoms with Crippen molar-refractivity contribution in [2.45, 2.75) is 6.92 Å². The van der Waals surface area contributed by atoms with E-state index in [9.17, 15) is 0 Å². The van der Waals surface area contributed by atoms with Crippen LogP contribution in [-0.2, 0) is 0 Å². The number of amidine groups is 1. The fraction of sp³-hybridized carbons (Fsp3) is 0.600. The standard InChI is InChI=1S/C5H12N4/c1-4(6)8-5(7)9(2)3/h1-3H3,(H3,6,7,8)/p+1. The number of nitrogens with zero attached hydrogens (tertiary/aromatic N) is 1. The summed E-state index contributed by atoms with van der Waals surface area (Å²) in [6.07, 6.45) is 0. The molecule has 0 heterocycles. The normalized spacial score (nSPS) is 12.2. The fourth-order valence-corrected chi connectivity index (χ4v) is 0.288. The summed E-state index contributed by atoms with van der Waals surface area (Å²) in [5, 5.41) is 7.17. The van der Waals surface area contributed by atoms with Gasteiger partial charge in [-0.3, -0.25) is 4.90 Å². The van der Waals surface area contributed by atoms with Gasteiger partial charge in [0.25, 0.3) is 0 Å². The summed E-state index contributed by atoms with van der Waals surface area (Å²) in [6.45, 7) is 1.66. The topological polar surface area (TPSA) is 66.7 Å². The molecule has 0 saturated carbocycles. The third kappa shape index (κ3) is 3.66. The average molecular weight is 129 g/mol. The van der Waals surface area contributed by atoms with Crippen LogP contribution < -0.4 is 10.6 Å². The van der Waals surface area contributed by atoms with E-state index >= 15 is 0 Å². The highest BCUT2D eigenvalue weighted by molar-refractivity contribution is 5.88. The molecule has 0 aliphatic heterocycles. The van der Waals surface area contributed by atoms with Crippen molar-refractivity contribution in [1.29, 1.82) is 5.41 Å². The Morgan fingerprint density at radius 2 is 2.00 bits per heavy atom. The summed E-state index contributed by atoms with van der Waals surface area (Å²) in [5.41, 5.74) is 5.23.